The summed E-state index contributed by atoms with van der Waals surface area (Å²) in [5, 5.41) is 14.4. The summed E-state index contributed by atoms with van der Waals surface area (Å²) in [4.78, 5) is 24.8. The lowest BCUT2D eigenvalue weighted by atomic mass is 10.1. The molecule has 0 radical (unpaired) electrons. The number of hydrogen-bond acceptors (Lipinski definition) is 4. The Balaban J connectivity index is 3.10. The molecule has 1 aromatic carbocycles. The molecule has 6 nitrogen and oxygen atoms in total. The van der Waals surface area contributed by atoms with Gasteiger partial charge in [0.15, 0.2) is 0 Å². The number of benzene rings is 1. The molecule has 0 aliphatic heterocycles. The van der Waals surface area contributed by atoms with E-state index in [0.29, 0.717) is 18.8 Å². The number of nitrogens with zero attached hydrogens (tertiary/aromatic N) is 2. The fourth-order valence-corrected chi connectivity index (χ4v) is 2.02. The second kappa shape index (κ2) is 8.24. The van der Waals surface area contributed by atoms with Crippen molar-refractivity contribution in [2.45, 2.75) is 33.1 Å². The Morgan fingerprint density at radius 1 is 1.33 bits per heavy atom. The molecule has 1 N–H and O–H groups in total. The normalized spacial score (nSPS) is 10.2. The minimum Gasteiger partial charge on any atom is -0.379 e. The lowest BCUT2D eigenvalue weighted by Gasteiger charge is -2.17. The van der Waals surface area contributed by atoms with Crippen molar-refractivity contribution in [3.8, 4) is 0 Å². The topological polar surface area (TPSA) is 75.5 Å². The van der Waals surface area contributed by atoms with E-state index in [0.717, 1.165) is 19.3 Å². The fraction of sp³-hybridized carbons (Fsp3) is 0.533. The number of nitrogens with one attached hydrogen (secondary N) is 1. The van der Waals surface area contributed by atoms with Gasteiger partial charge in [-0.15, -0.1) is 0 Å². The maximum absolute atomic E-state index is 12.4. The molecular formula is C15H23N3O3. The zero-order valence-electron chi connectivity index (χ0n) is 12.9. The first-order valence-electron chi connectivity index (χ1n) is 7.29. The first kappa shape index (κ1) is 16.9. The van der Waals surface area contributed by atoms with Crippen molar-refractivity contribution in [3.63, 3.8) is 0 Å². The van der Waals surface area contributed by atoms with Crippen molar-refractivity contribution in [2.24, 2.45) is 0 Å². The smallest absolute Gasteiger partial charge is 0.305 e. The molecule has 0 heterocycles. The molecule has 21 heavy (non-hydrogen) atoms. The predicted molar refractivity (Wildman–Crippen MR) is 83.7 cm³/mol. The molecule has 0 aromatic heterocycles. The number of nitro benzene ring substituents is 1. The summed E-state index contributed by atoms with van der Waals surface area (Å²) in [6.45, 7) is 5.24. The van der Waals surface area contributed by atoms with Gasteiger partial charge in [0.1, 0.15) is 11.3 Å². The summed E-state index contributed by atoms with van der Waals surface area (Å²) in [5.74, 6) is -0.310. The van der Waals surface area contributed by atoms with Gasteiger partial charge in [-0.1, -0.05) is 26.3 Å². The van der Waals surface area contributed by atoms with Crippen molar-refractivity contribution in [3.05, 3.63) is 33.9 Å². The highest BCUT2D eigenvalue weighted by Gasteiger charge is 2.26. The van der Waals surface area contributed by atoms with Crippen molar-refractivity contribution in [1.82, 2.24) is 4.90 Å². The zero-order valence-corrected chi connectivity index (χ0v) is 12.9. The molecule has 0 aliphatic carbocycles. The van der Waals surface area contributed by atoms with Gasteiger partial charge in [0.05, 0.1) is 4.92 Å². The third-order valence-electron chi connectivity index (χ3n) is 3.21. The van der Waals surface area contributed by atoms with Crippen LogP contribution < -0.4 is 5.32 Å². The van der Waals surface area contributed by atoms with E-state index in [-0.39, 0.29) is 17.2 Å². The second-order valence-corrected chi connectivity index (χ2v) is 4.97. The SMILES string of the molecule is CCCCN(C)C(=O)c1cccc(NCCC)c1[N+](=O)[O-]. The van der Waals surface area contributed by atoms with Crippen LogP contribution in [-0.4, -0.2) is 35.9 Å². The van der Waals surface area contributed by atoms with Crippen molar-refractivity contribution in [1.29, 1.82) is 0 Å². The van der Waals surface area contributed by atoms with Gasteiger partial charge >= 0.3 is 5.69 Å². The van der Waals surface area contributed by atoms with Gasteiger partial charge in [0.2, 0.25) is 0 Å². The summed E-state index contributed by atoms with van der Waals surface area (Å²) in [6.07, 6.45) is 2.70. The van der Waals surface area contributed by atoms with Crippen LogP contribution in [0.15, 0.2) is 18.2 Å². The molecule has 0 fully saturated rings. The van der Waals surface area contributed by atoms with Gasteiger partial charge in [-0.3, -0.25) is 14.9 Å². The van der Waals surface area contributed by atoms with Crippen molar-refractivity contribution >= 4 is 17.3 Å². The molecule has 1 rings (SSSR count). The van der Waals surface area contributed by atoms with Crippen LogP contribution in [-0.2, 0) is 0 Å². The van der Waals surface area contributed by atoms with E-state index in [2.05, 4.69) is 5.32 Å². The summed E-state index contributed by atoms with van der Waals surface area (Å²) in [5.41, 5.74) is 0.399. The maximum atomic E-state index is 12.4. The Hall–Kier alpha value is -2.11. The van der Waals surface area contributed by atoms with E-state index in [1.54, 1.807) is 19.2 Å². The molecule has 0 aliphatic rings. The molecule has 116 valence electrons. The van der Waals surface area contributed by atoms with Crippen LogP contribution in [0.2, 0.25) is 0 Å². The Bertz CT molecular complexity index is 503. The first-order valence-corrected chi connectivity index (χ1v) is 7.29. The van der Waals surface area contributed by atoms with Crippen LogP contribution in [0, 0.1) is 10.1 Å². The minimum atomic E-state index is -0.487. The highest BCUT2D eigenvalue weighted by atomic mass is 16.6. The average Bonchev–Trinajstić information content (AvgIpc) is 2.48. The number of nitro groups is 1. The lowest BCUT2D eigenvalue weighted by molar-refractivity contribution is -0.384. The number of unbranched alkanes of at least 4 members (excludes halogenated alkanes) is 1. The second-order valence-electron chi connectivity index (χ2n) is 4.97. The number of anilines is 1. The zero-order chi connectivity index (χ0) is 15.8. The van der Waals surface area contributed by atoms with Gasteiger partial charge in [-0.2, -0.15) is 0 Å². The average molecular weight is 293 g/mol. The van der Waals surface area contributed by atoms with E-state index in [1.165, 1.54) is 11.0 Å². The van der Waals surface area contributed by atoms with Gasteiger partial charge in [0, 0.05) is 20.1 Å². The molecule has 0 saturated carbocycles. The molecule has 0 spiro atoms. The first-order chi connectivity index (χ1) is 10.0. The van der Waals surface area contributed by atoms with E-state index in [4.69, 9.17) is 0 Å². The number of para-hydroxylation sites is 1. The van der Waals surface area contributed by atoms with Gasteiger partial charge in [0.25, 0.3) is 5.91 Å². The maximum Gasteiger partial charge on any atom is 0.305 e. The quantitative estimate of drug-likeness (QED) is 0.589. The molecule has 0 saturated heterocycles. The van der Waals surface area contributed by atoms with Crippen LogP contribution in [0.3, 0.4) is 0 Å². The van der Waals surface area contributed by atoms with Crippen molar-refractivity contribution in [2.75, 3.05) is 25.5 Å². The molecule has 1 aromatic rings. The molecular weight excluding hydrogens is 270 g/mol. The lowest BCUT2D eigenvalue weighted by Crippen LogP contribution is -2.28. The fourth-order valence-electron chi connectivity index (χ4n) is 2.02. The monoisotopic (exact) mass is 293 g/mol. The highest BCUT2D eigenvalue weighted by Crippen LogP contribution is 2.29. The molecule has 1 amide bonds. The largest absolute Gasteiger partial charge is 0.379 e. The summed E-state index contributed by atoms with van der Waals surface area (Å²) < 4.78 is 0. The van der Waals surface area contributed by atoms with E-state index in [9.17, 15) is 14.9 Å². The van der Waals surface area contributed by atoms with Crippen LogP contribution in [0.1, 0.15) is 43.5 Å². The van der Waals surface area contributed by atoms with E-state index < -0.39 is 4.92 Å². The van der Waals surface area contributed by atoms with Gasteiger partial charge in [-0.25, -0.2) is 0 Å². The number of carbonyl (C=O) groups is 1. The standard InChI is InChI=1S/C15H23N3O3/c1-4-6-11-17(3)15(19)12-8-7-9-13(16-10-5-2)14(12)18(20)21/h7-9,16H,4-6,10-11H2,1-3H3. The Kier molecular flexibility index (Phi) is 6.65. The minimum absolute atomic E-state index is 0.139. The summed E-state index contributed by atoms with van der Waals surface area (Å²) in [7, 11) is 1.67. The summed E-state index contributed by atoms with van der Waals surface area (Å²) >= 11 is 0. The van der Waals surface area contributed by atoms with Gasteiger partial charge < -0.3 is 10.2 Å². The highest BCUT2D eigenvalue weighted by molar-refractivity contribution is 6.00. The predicted octanol–water partition coefficient (Wildman–Crippen LogP) is 3.29. The molecule has 0 bridgehead atoms. The molecule has 0 atom stereocenters. The van der Waals surface area contributed by atoms with Crippen LogP contribution in [0.5, 0.6) is 0 Å². The van der Waals surface area contributed by atoms with Crippen molar-refractivity contribution < 1.29 is 9.72 Å². The Labute approximate surface area is 125 Å². The third kappa shape index (κ3) is 4.44. The Morgan fingerprint density at radius 2 is 2.05 bits per heavy atom. The van der Waals surface area contributed by atoms with E-state index in [1.807, 2.05) is 13.8 Å². The van der Waals surface area contributed by atoms with Crippen LogP contribution in [0.25, 0.3) is 0 Å². The number of carbonyl (C=O) groups excluding carboxylic acids is 1. The summed E-state index contributed by atoms with van der Waals surface area (Å²) in [6, 6.07) is 4.82. The Morgan fingerprint density at radius 3 is 2.62 bits per heavy atom. The molecule has 6 heteroatoms. The third-order valence-corrected chi connectivity index (χ3v) is 3.21. The molecule has 0 unspecified atom stereocenters. The van der Waals surface area contributed by atoms with Crippen LogP contribution >= 0.6 is 0 Å². The van der Waals surface area contributed by atoms with E-state index >= 15 is 0 Å². The number of hydrogen-bond donors (Lipinski definition) is 1. The van der Waals surface area contributed by atoms with Crippen LogP contribution in [0.4, 0.5) is 11.4 Å². The number of amides is 1. The number of rotatable bonds is 8. The van der Waals surface area contributed by atoms with Gasteiger partial charge in [-0.05, 0) is 25.0 Å².